The predicted octanol–water partition coefficient (Wildman–Crippen LogP) is 2.93. The molecule has 12 heteroatoms. The van der Waals surface area contributed by atoms with E-state index < -0.39 is 36.1 Å². The van der Waals surface area contributed by atoms with Gasteiger partial charge in [-0.2, -0.15) is 13.2 Å². The molecule has 2 heterocycles. The van der Waals surface area contributed by atoms with Crippen LogP contribution in [0.15, 0.2) is 21.9 Å². The predicted molar refractivity (Wildman–Crippen MR) is 137 cm³/mol. The van der Waals surface area contributed by atoms with E-state index in [2.05, 4.69) is 5.32 Å². The molecule has 0 aromatic carbocycles. The lowest BCUT2D eigenvalue weighted by Crippen LogP contribution is -2.53. The highest BCUT2D eigenvalue weighted by atomic mass is 19.4. The first-order valence-electron chi connectivity index (χ1n) is 13.9. The van der Waals surface area contributed by atoms with Crippen LogP contribution in [0.25, 0.3) is 0 Å². The van der Waals surface area contributed by atoms with Crippen molar-refractivity contribution in [2.45, 2.75) is 83.0 Å². The molecular weight excluding hydrogens is 517 g/mol. The number of fused-ring (bicyclic) bond motifs is 1. The number of aliphatic carboxylic acids is 1. The lowest BCUT2D eigenvalue weighted by atomic mass is 9.62. The number of aromatic nitrogens is 2. The minimum atomic E-state index is -4.30. The van der Waals surface area contributed by atoms with E-state index in [1.54, 1.807) is 14.0 Å². The van der Waals surface area contributed by atoms with Crippen LogP contribution in [0.5, 0.6) is 0 Å². The highest BCUT2D eigenvalue weighted by Gasteiger charge is 2.45. The molecule has 4 unspecified atom stereocenters. The fourth-order valence-electron chi connectivity index (χ4n) is 7.14. The second-order valence-electron chi connectivity index (χ2n) is 12.0. The number of hydrogen-bond donors (Lipinski definition) is 2. The van der Waals surface area contributed by atoms with Crippen molar-refractivity contribution in [3.8, 4) is 0 Å². The first-order valence-corrected chi connectivity index (χ1v) is 13.9. The van der Waals surface area contributed by atoms with E-state index in [-0.39, 0.29) is 67.4 Å². The number of rotatable bonds is 7. The summed E-state index contributed by atoms with van der Waals surface area (Å²) in [6.45, 7) is 0.905. The number of amides is 1. The molecule has 1 aromatic heterocycles. The minimum Gasteiger partial charge on any atom is -0.480 e. The summed E-state index contributed by atoms with van der Waals surface area (Å²) in [5.41, 5.74) is -1.61. The molecule has 0 bridgehead atoms. The second-order valence-corrected chi connectivity index (χ2v) is 12.0. The third kappa shape index (κ3) is 6.58. The summed E-state index contributed by atoms with van der Waals surface area (Å²) in [5, 5.41) is 12.7. The quantitative estimate of drug-likeness (QED) is 0.534. The van der Waals surface area contributed by atoms with Crippen LogP contribution in [0.1, 0.15) is 70.8 Å². The van der Waals surface area contributed by atoms with Crippen molar-refractivity contribution < 1.29 is 27.9 Å². The van der Waals surface area contributed by atoms with Gasteiger partial charge in [-0.3, -0.25) is 19.1 Å². The van der Waals surface area contributed by atoms with Gasteiger partial charge in [0.15, 0.2) is 0 Å². The molecule has 1 aliphatic heterocycles. The van der Waals surface area contributed by atoms with Gasteiger partial charge in [-0.1, -0.05) is 26.2 Å². The summed E-state index contributed by atoms with van der Waals surface area (Å²) >= 11 is 0. The number of hydrogen-bond acceptors (Lipinski definition) is 5. The number of aryl methyl sites for hydroxylation is 1. The van der Waals surface area contributed by atoms with Crippen LogP contribution in [0.4, 0.5) is 13.2 Å². The molecule has 4 rings (SSSR count). The molecular formula is C27H39F3N4O5. The van der Waals surface area contributed by atoms with Crippen molar-refractivity contribution in [2.75, 3.05) is 19.6 Å². The van der Waals surface area contributed by atoms with Crippen LogP contribution in [0.3, 0.4) is 0 Å². The van der Waals surface area contributed by atoms with E-state index in [1.165, 1.54) is 26.3 Å². The number of alkyl halides is 3. The summed E-state index contributed by atoms with van der Waals surface area (Å²) < 4.78 is 41.0. The standard InChI is InChI=1S/C27H39F3N4O5/c1-26(10-13-33(14-11-26)16-27(28,29)30)24(38)31-20(23(36)37)15-17-5-3-7-19-18(17)6-4-8-21(19)34-22(35)9-12-32(2)25(34)39/h9,12,17-21H,3-8,10-11,13-16H2,1-2H3,(H,31,38)(H,36,37)/t17?,18?,19?,20-,21?/m0/s1. The van der Waals surface area contributed by atoms with Crippen LogP contribution in [-0.2, 0) is 16.6 Å². The number of carboxylic acid groups (broad SMARTS) is 1. The maximum absolute atomic E-state index is 13.2. The summed E-state index contributed by atoms with van der Waals surface area (Å²) in [5.74, 6) is -1.35. The minimum absolute atomic E-state index is 0.0117. The van der Waals surface area contributed by atoms with Gasteiger partial charge in [0.1, 0.15) is 6.04 Å². The Morgan fingerprint density at radius 3 is 2.38 bits per heavy atom. The molecule has 3 aliphatic rings. The summed E-state index contributed by atoms with van der Waals surface area (Å²) in [4.78, 5) is 52.2. The third-order valence-electron chi connectivity index (χ3n) is 9.37. The van der Waals surface area contributed by atoms with E-state index in [0.29, 0.717) is 0 Å². The monoisotopic (exact) mass is 556 g/mol. The van der Waals surface area contributed by atoms with Gasteiger partial charge < -0.3 is 15.0 Å². The molecule has 2 saturated carbocycles. The Bertz CT molecular complexity index is 1170. The zero-order chi connectivity index (χ0) is 28.5. The van der Waals surface area contributed by atoms with Crippen LogP contribution < -0.4 is 16.6 Å². The Morgan fingerprint density at radius 2 is 1.74 bits per heavy atom. The maximum Gasteiger partial charge on any atom is 0.401 e. The molecule has 3 fully saturated rings. The van der Waals surface area contributed by atoms with Gasteiger partial charge in [0.2, 0.25) is 5.91 Å². The Morgan fingerprint density at radius 1 is 1.10 bits per heavy atom. The van der Waals surface area contributed by atoms with Gasteiger partial charge in [-0.25, -0.2) is 9.59 Å². The highest BCUT2D eigenvalue weighted by Crippen LogP contribution is 2.49. The summed E-state index contributed by atoms with van der Waals surface area (Å²) in [7, 11) is 1.61. The maximum atomic E-state index is 13.2. The topological polar surface area (TPSA) is 114 Å². The molecule has 0 radical (unpaired) electrons. The zero-order valence-electron chi connectivity index (χ0n) is 22.6. The van der Waals surface area contributed by atoms with Crippen LogP contribution in [0.2, 0.25) is 0 Å². The number of piperidine rings is 1. The van der Waals surface area contributed by atoms with Crippen LogP contribution in [-0.4, -0.2) is 62.9 Å². The number of nitrogens with zero attached hydrogens (tertiary/aromatic N) is 3. The first-order chi connectivity index (χ1) is 18.3. The smallest absolute Gasteiger partial charge is 0.401 e. The SMILES string of the molecule is Cn1ccc(=O)n(C2CCCC3C(C[C@H](NC(=O)C4(C)CCN(CC(F)(F)F)CC4)C(=O)O)CCCC32)c1=O. The molecule has 1 saturated heterocycles. The summed E-state index contributed by atoms with van der Waals surface area (Å²) in [6.07, 6.45) is 2.76. The fourth-order valence-corrected chi connectivity index (χ4v) is 7.14. The van der Waals surface area contributed by atoms with E-state index in [9.17, 15) is 37.5 Å². The zero-order valence-corrected chi connectivity index (χ0v) is 22.6. The summed E-state index contributed by atoms with van der Waals surface area (Å²) in [6, 6.07) is 0.0479. The third-order valence-corrected chi connectivity index (χ3v) is 9.37. The average Bonchev–Trinajstić information content (AvgIpc) is 2.87. The highest BCUT2D eigenvalue weighted by molar-refractivity contribution is 5.87. The van der Waals surface area contributed by atoms with E-state index in [0.717, 1.165) is 38.5 Å². The van der Waals surface area contributed by atoms with Gasteiger partial charge in [-0.05, 0) is 69.4 Å². The number of carbonyl (C=O) groups is 2. The van der Waals surface area contributed by atoms with Gasteiger partial charge in [-0.15, -0.1) is 0 Å². The van der Waals surface area contributed by atoms with E-state index in [1.807, 2.05) is 0 Å². The van der Waals surface area contributed by atoms with E-state index in [4.69, 9.17) is 0 Å². The van der Waals surface area contributed by atoms with Crippen molar-refractivity contribution in [1.29, 1.82) is 0 Å². The molecule has 0 spiro atoms. The molecule has 2 aliphatic carbocycles. The molecule has 218 valence electrons. The van der Waals surface area contributed by atoms with Gasteiger partial charge >= 0.3 is 17.8 Å². The second kappa shape index (κ2) is 11.5. The van der Waals surface area contributed by atoms with Crippen molar-refractivity contribution in [1.82, 2.24) is 19.4 Å². The van der Waals surface area contributed by atoms with Crippen molar-refractivity contribution in [3.63, 3.8) is 0 Å². The molecule has 2 N–H and O–H groups in total. The number of carbonyl (C=O) groups excluding carboxylic acids is 1. The Balaban J connectivity index is 1.44. The Labute approximate surface area is 225 Å². The Hall–Kier alpha value is -2.63. The van der Waals surface area contributed by atoms with Gasteiger partial charge in [0, 0.05) is 30.8 Å². The Kier molecular flexibility index (Phi) is 8.63. The number of halogens is 3. The normalized spacial score (nSPS) is 28.3. The number of carboxylic acids is 1. The van der Waals surface area contributed by atoms with Crippen molar-refractivity contribution >= 4 is 11.9 Å². The molecule has 5 atom stereocenters. The molecule has 9 nitrogen and oxygen atoms in total. The molecule has 1 aromatic rings. The molecule has 39 heavy (non-hydrogen) atoms. The number of likely N-dealkylation sites (tertiary alicyclic amines) is 1. The molecule has 1 amide bonds. The fraction of sp³-hybridized carbons (Fsp3) is 0.778. The lowest BCUT2D eigenvalue weighted by Gasteiger charge is -2.46. The average molecular weight is 557 g/mol. The largest absolute Gasteiger partial charge is 0.480 e. The van der Waals surface area contributed by atoms with Gasteiger partial charge in [0.05, 0.1) is 6.54 Å². The first kappa shape index (κ1) is 29.4. The van der Waals surface area contributed by atoms with Crippen molar-refractivity contribution in [2.24, 2.45) is 30.2 Å². The number of nitrogens with one attached hydrogen (secondary N) is 1. The van der Waals surface area contributed by atoms with E-state index >= 15 is 0 Å². The van der Waals surface area contributed by atoms with Crippen LogP contribution in [0, 0.1) is 23.2 Å². The van der Waals surface area contributed by atoms with Crippen LogP contribution >= 0.6 is 0 Å². The lowest BCUT2D eigenvalue weighted by molar-refractivity contribution is -0.154. The van der Waals surface area contributed by atoms with Crippen molar-refractivity contribution in [3.05, 3.63) is 33.1 Å². The van der Waals surface area contributed by atoms with Gasteiger partial charge in [0.25, 0.3) is 5.56 Å².